The van der Waals surface area contributed by atoms with E-state index in [1.165, 1.54) is 12.1 Å². The van der Waals surface area contributed by atoms with Crippen molar-refractivity contribution in [2.75, 3.05) is 13.3 Å². The maximum atomic E-state index is 10.7. The van der Waals surface area contributed by atoms with Crippen LogP contribution in [-0.4, -0.2) is 18.3 Å². The van der Waals surface area contributed by atoms with Gasteiger partial charge in [0.2, 0.25) is 6.79 Å². The van der Waals surface area contributed by atoms with Crippen molar-refractivity contribution in [3.05, 3.63) is 63.7 Å². The molecule has 23 heavy (non-hydrogen) atoms. The Morgan fingerprint density at radius 1 is 1.04 bits per heavy atom. The molecule has 7 heteroatoms. The fourth-order valence-electron chi connectivity index (χ4n) is 2.75. The molecule has 4 rings (SSSR count). The van der Waals surface area contributed by atoms with Gasteiger partial charge >= 0.3 is 0 Å². The van der Waals surface area contributed by atoms with Crippen LogP contribution in [0, 0.1) is 10.1 Å². The Bertz CT molecular complexity index is 747. The van der Waals surface area contributed by atoms with Gasteiger partial charge in [-0.2, -0.15) is 0 Å². The van der Waals surface area contributed by atoms with E-state index in [0.717, 1.165) is 16.9 Å². The van der Waals surface area contributed by atoms with Crippen molar-refractivity contribution >= 4 is 5.69 Å². The van der Waals surface area contributed by atoms with Gasteiger partial charge in [0, 0.05) is 18.7 Å². The second-order valence-corrected chi connectivity index (χ2v) is 5.37. The normalized spacial score (nSPS) is 22.3. The molecule has 1 fully saturated rings. The van der Waals surface area contributed by atoms with Crippen LogP contribution < -0.4 is 14.8 Å². The quantitative estimate of drug-likeness (QED) is 0.693. The SMILES string of the molecule is O=[N+]([O-])c1ccc([C@@H]2CN[C@H](c3ccc4c(c3)OCO4)O2)cc1. The molecule has 0 bridgehead atoms. The van der Waals surface area contributed by atoms with Crippen molar-refractivity contribution in [3.8, 4) is 11.5 Å². The van der Waals surface area contributed by atoms with E-state index in [0.29, 0.717) is 12.3 Å². The fourth-order valence-corrected chi connectivity index (χ4v) is 2.75. The monoisotopic (exact) mass is 314 g/mol. The van der Waals surface area contributed by atoms with E-state index >= 15 is 0 Å². The predicted octanol–water partition coefficient (Wildman–Crippen LogP) is 2.68. The van der Waals surface area contributed by atoms with Crippen LogP contribution in [0.3, 0.4) is 0 Å². The largest absolute Gasteiger partial charge is 0.454 e. The zero-order valence-electron chi connectivity index (χ0n) is 12.1. The molecule has 118 valence electrons. The van der Waals surface area contributed by atoms with Gasteiger partial charge in [-0.05, 0) is 35.4 Å². The zero-order chi connectivity index (χ0) is 15.8. The number of hydrogen-bond donors (Lipinski definition) is 1. The zero-order valence-corrected chi connectivity index (χ0v) is 12.1. The molecule has 2 aliphatic rings. The molecular weight excluding hydrogens is 300 g/mol. The third kappa shape index (κ3) is 2.60. The summed E-state index contributed by atoms with van der Waals surface area (Å²) in [7, 11) is 0. The first-order valence-corrected chi connectivity index (χ1v) is 7.23. The van der Waals surface area contributed by atoms with Gasteiger partial charge in [0.05, 0.1) is 11.0 Å². The molecule has 0 spiro atoms. The van der Waals surface area contributed by atoms with Gasteiger partial charge in [-0.25, -0.2) is 0 Å². The number of benzene rings is 2. The van der Waals surface area contributed by atoms with Gasteiger partial charge in [0.15, 0.2) is 11.5 Å². The molecule has 0 aromatic heterocycles. The fraction of sp³-hybridized carbons (Fsp3) is 0.250. The molecule has 0 radical (unpaired) electrons. The number of nitro groups is 1. The summed E-state index contributed by atoms with van der Waals surface area (Å²) in [5.41, 5.74) is 1.94. The molecule has 1 saturated heterocycles. The molecule has 0 amide bonds. The molecule has 0 saturated carbocycles. The number of fused-ring (bicyclic) bond motifs is 1. The summed E-state index contributed by atoms with van der Waals surface area (Å²) >= 11 is 0. The molecule has 7 nitrogen and oxygen atoms in total. The number of nitro benzene ring substituents is 1. The summed E-state index contributed by atoms with van der Waals surface area (Å²) in [5, 5.41) is 14.0. The molecular formula is C16H14N2O5. The van der Waals surface area contributed by atoms with Gasteiger partial charge in [-0.1, -0.05) is 6.07 Å². The minimum absolute atomic E-state index is 0.0760. The van der Waals surface area contributed by atoms with E-state index in [1.54, 1.807) is 12.1 Å². The van der Waals surface area contributed by atoms with Gasteiger partial charge < -0.3 is 14.2 Å². The number of non-ortho nitro benzene ring substituents is 1. The Kier molecular flexibility index (Phi) is 3.36. The Morgan fingerprint density at radius 2 is 1.78 bits per heavy atom. The first kappa shape index (κ1) is 14.0. The summed E-state index contributed by atoms with van der Waals surface area (Å²) in [5.74, 6) is 1.45. The number of rotatable bonds is 3. The lowest BCUT2D eigenvalue weighted by molar-refractivity contribution is -0.384. The minimum Gasteiger partial charge on any atom is -0.454 e. The second kappa shape index (κ2) is 5.53. The lowest BCUT2D eigenvalue weighted by Gasteiger charge is -2.13. The van der Waals surface area contributed by atoms with E-state index in [2.05, 4.69) is 5.32 Å². The Labute approximate surface area is 131 Å². The second-order valence-electron chi connectivity index (χ2n) is 5.37. The van der Waals surface area contributed by atoms with Crippen LogP contribution in [0.4, 0.5) is 5.69 Å². The van der Waals surface area contributed by atoms with Crippen LogP contribution in [0.2, 0.25) is 0 Å². The Hall–Kier alpha value is -2.64. The summed E-state index contributed by atoms with van der Waals surface area (Å²) in [6.07, 6.45) is -0.393. The third-order valence-corrected chi connectivity index (χ3v) is 3.96. The van der Waals surface area contributed by atoms with Crippen molar-refractivity contribution in [3.63, 3.8) is 0 Å². The van der Waals surface area contributed by atoms with E-state index in [9.17, 15) is 10.1 Å². The molecule has 2 heterocycles. The highest BCUT2D eigenvalue weighted by molar-refractivity contribution is 5.45. The van der Waals surface area contributed by atoms with Gasteiger partial charge in [0.1, 0.15) is 6.23 Å². The first-order valence-electron chi connectivity index (χ1n) is 7.23. The molecule has 1 N–H and O–H groups in total. The van der Waals surface area contributed by atoms with E-state index in [4.69, 9.17) is 14.2 Å². The van der Waals surface area contributed by atoms with Crippen LogP contribution in [0.25, 0.3) is 0 Å². The van der Waals surface area contributed by atoms with Crippen LogP contribution >= 0.6 is 0 Å². The summed E-state index contributed by atoms with van der Waals surface area (Å²) in [6, 6.07) is 12.1. The van der Waals surface area contributed by atoms with Crippen molar-refractivity contribution < 1.29 is 19.1 Å². The Balaban J connectivity index is 1.49. The lowest BCUT2D eigenvalue weighted by Crippen LogP contribution is -2.13. The highest BCUT2D eigenvalue weighted by Crippen LogP contribution is 2.37. The molecule has 2 aromatic rings. The minimum atomic E-state index is -0.410. The standard InChI is InChI=1S/C16H14N2O5/c19-18(20)12-4-1-10(2-5-12)15-8-17-16(23-15)11-3-6-13-14(7-11)22-9-21-13/h1-7,15-17H,8-9H2/t15-,16-/m0/s1. The molecule has 0 aliphatic carbocycles. The summed E-state index contributed by atoms with van der Waals surface area (Å²) in [4.78, 5) is 10.3. The first-order chi connectivity index (χ1) is 11.2. The average Bonchev–Trinajstić information content (AvgIpc) is 3.23. The summed E-state index contributed by atoms with van der Waals surface area (Å²) in [6.45, 7) is 0.875. The molecule has 2 aliphatic heterocycles. The number of hydrogen-bond acceptors (Lipinski definition) is 6. The number of ether oxygens (including phenoxy) is 3. The van der Waals surface area contributed by atoms with Crippen molar-refractivity contribution in [2.24, 2.45) is 0 Å². The number of nitrogens with one attached hydrogen (secondary N) is 1. The predicted molar refractivity (Wildman–Crippen MR) is 80.2 cm³/mol. The average molecular weight is 314 g/mol. The Morgan fingerprint density at radius 3 is 2.57 bits per heavy atom. The maximum absolute atomic E-state index is 10.7. The maximum Gasteiger partial charge on any atom is 0.269 e. The molecule has 2 atom stereocenters. The highest BCUT2D eigenvalue weighted by Gasteiger charge is 2.28. The topological polar surface area (TPSA) is 82.9 Å². The van der Waals surface area contributed by atoms with Crippen LogP contribution in [-0.2, 0) is 4.74 Å². The summed E-state index contributed by atoms with van der Waals surface area (Å²) < 4.78 is 16.7. The lowest BCUT2D eigenvalue weighted by atomic mass is 10.1. The van der Waals surface area contributed by atoms with Crippen molar-refractivity contribution in [2.45, 2.75) is 12.3 Å². The van der Waals surface area contributed by atoms with Gasteiger partial charge in [-0.3, -0.25) is 15.4 Å². The highest BCUT2D eigenvalue weighted by atomic mass is 16.7. The van der Waals surface area contributed by atoms with Crippen LogP contribution in [0.1, 0.15) is 23.5 Å². The van der Waals surface area contributed by atoms with Crippen molar-refractivity contribution in [1.82, 2.24) is 5.32 Å². The van der Waals surface area contributed by atoms with Crippen LogP contribution in [0.15, 0.2) is 42.5 Å². The van der Waals surface area contributed by atoms with E-state index < -0.39 is 4.92 Å². The smallest absolute Gasteiger partial charge is 0.269 e. The molecule has 2 aromatic carbocycles. The van der Waals surface area contributed by atoms with E-state index in [1.807, 2.05) is 18.2 Å². The van der Waals surface area contributed by atoms with Gasteiger partial charge in [-0.15, -0.1) is 0 Å². The van der Waals surface area contributed by atoms with Gasteiger partial charge in [0.25, 0.3) is 5.69 Å². The van der Waals surface area contributed by atoms with Crippen molar-refractivity contribution in [1.29, 1.82) is 0 Å². The van der Waals surface area contributed by atoms with E-state index in [-0.39, 0.29) is 24.8 Å². The number of nitrogens with zero attached hydrogens (tertiary/aromatic N) is 1. The molecule has 0 unspecified atom stereocenters. The third-order valence-electron chi connectivity index (χ3n) is 3.96. The van der Waals surface area contributed by atoms with Crippen LogP contribution in [0.5, 0.6) is 11.5 Å².